The molecule has 1 amide bonds. The number of amides is 1. The minimum Gasteiger partial charge on any atom is -0.496 e. The number of anilines is 1. The number of ether oxygens (including phenoxy) is 1. The second-order valence-corrected chi connectivity index (χ2v) is 5.45. The van der Waals surface area contributed by atoms with E-state index in [0.717, 1.165) is 10.0 Å². The maximum absolute atomic E-state index is 12.1. The number of hydrogen-bond donors (Lipinski definition) is 1. The topological polar surface area (TPSA) is 38.3 Å². The fraction of sp³-hybridized carbons (Fsp3) is 0.133. The van der Waals surface area contributed by atoms with Crippen LogP contribution in [0.2, 0.25) is 5.02 Å². The molecule has 20 heavy (non-hydrogen) atoms. The van der Waals surface area contributed by atoms with Gasteiger partial charge in [0.1, 0.15) is 5.75 Å². The lowest BCUT2D eigenvalue weighted by Gasteiger charge is -2.10. The number of hydrogen-bond acceptors (Lipinski definition) is 2. The SMILES string of the molecule is COc1ccccc1CC(=O)Nc1ccc(Cl)cc1Br. The Bertz CT molecular complexity index is 631. The molecule has 1 N–H and O–H groups in total. The van der Waals surface area contributed by atoms with E-state index in [4.69, 9.17) is 16.3 Å². The van der Waals surface area contributed by atoms with Gasteiger partial charge in [-0.3, -0.25) is 4.79 Å². The molecule has 0 radical (unpaired) electrons. The van der Waals surface area contributed by atoms with Gasteiger partial charge in [0.25, 0.3) is 0 Å². The molecule has 104 valence electrons. The minimum absolute atomic E-state index is 0.113. The molecule has 0 aliphatic rings. The molecule has 0 spiro atoms. The molecule has 0 atom stereocenters. The molecule has 2 aromatic carbocycles. The summed E-state index contributed by atoms with van der Waals surface area (Å²) in [5.41, 5.74) is 1.53. The number of carbonyl (C=O) groups is 1. The minimum atomic E-state index is -0.113. The number of halogens is 2. The van der Waals surface area contributed by atoms with E-state index in [9.17, 15) is 4.79 Å². The van der Waals surface area contributed by atoms with Crippen molar-refractivity contribution in [3.63, 3.8) is 0 Å². The van der Waals surface area contributed by atoms with Gasteiger partial charge in [-0.15, -0.1) is 0 Å². The van der Waals surface area contributed by atoms with Crippen LogP contribution in [0.15, 0.2) is 46.9 Å². The summed E-state index contributed by atoms with van der Waals surface area (Å²) in [7, 11) is 1.59. The van der Waals surface area contributed by atoms with E-state index in [-0.39, 0.29) is 12.3 Å². The summed E-state index contributed by atoms with van der Waals surface area (Å²) in [5.74, 6) is 0.593. The van der Waals surface area contributed by atoms with Gasteiger partial charge < -0.3 is 10.1 Å². The molecule has 0 fully saturated rings. The van der Waals surface area contributed by atoms with Crippen LogP contribution < -0.4 is 10.1 Å². The molecule has 3 nitrogen and oxygen atoms in total. The van der Waals surface area contributed by atoms with Gasteiger partial charge in [0.2, 0.25) is 5.91 Å². The second-order valence-electron chi connectivity index (χ2n) is 4.16. The number of para-hydroxylation sites is 1. The number of methoxy groups -OCH3 is 1. The summed E-state index contributed by atoms with van der Waals surface area (Å²) >= 11 is 9.23. The Hall–Kier alpha value is -1.52. The van der Waals surface area contributed by atoms with Gasteiger partial charge in [-0.1, -0.05) is 29.8 Å². The third-order valence-corrected chi connectivity index (χ3v) is 3.64. The van der Waals surface area contributed by atoms with Gasteiger partial charge in [-0.2, -0.15) is 0 Å². The summed E-state index contributed by atoms with van der Waals surface area (Å²) in [6.07, 6.45) is 0.249. The van der Waals surface area contributed by atoms with Crippen molar-refractivity contribution in [3.05, 3.63) is 57.5 Å². The fourth-order valence-corrected chi connectivity index (χ4v) is 2.59. The zero-order valence-electron chi connectivity index (χ0n) is 10.8. The van der Waals surface area contributed by atoms with Crippen molar-refractivity contribution in [1.29, 1.82) is 0 Å². The van der Waals surface area contributed by atoms with Gasteiger partial charge >= 0.3 is 0 Å². The molecule has 0 aliphatic carbocycles. The van der Waals surface area contributed by atoms with Crippen LogP contribution in [-0.4, -0.2) is 13.0 Å². The van der Waals surface area contributed by atoms with Crippen LogP contribution in [0.25, 0.3) is 0 Å². The lowest BCUT2D eigenvalue weighted by Crippen LogP contribution is -2.15. The highest BCUT2D eigenvalue weighted by Gasteiger charge is 2.10. The summed E-state index contributed by atoms with van der Waals surface area (Å²) in [6, 6.07) is 12.7. The van der Waals surface area contributed by atoms with Crippen molar-refractivity contribution in [2.75, 3.05) is 12.4 Å². The predicted octanol–water partition coefficient (Wildman–Crippen LogP) is 4.29. The van der Waals surface area contributed by atoms with Crippen LogP contribution in [0.3, 0.4) is 0 Å². The van der Waals surface area contributed by atoms with Crippen molar-refractivity contribution in [3.8, 4) is 5.75 Å². The van der Waals surface area contributed by atoms with Crippen LogP contribution in [-0.2, 0) is 11.2 Å². The summed E-state index contributed by atoms with van der Waals surface area (Å²) in [6.45, 7) is 0. The van der Waals surface area contributed by atoms with E-state index in [2.05, 4.69) is 21.2 Å². The normalized spacial score (nSPS) is 10.2. The molecule has 0 aliphatic heterocycles. The molecule has 0 bridgehead atoms. The maximum Gasteiger partial charge on any atom is 0.228 e. The molecule has 0 saturated heterocycles. The Kier molecular flexibility index (Phi) is 5.04. The molecule has 2 aromatic rings. The van der Waals surface area contributed by atoms with E-state index in [1.165, 1.54) is 0 Å². The second kappa shape index (κ2) is 6.77. The summed E-state index contributed by atoms with van der Waals surface area (Å²) in [4.78, 5) is 12.1. The van der Waals surface area contributed by atoms with E-state index in [0.29, 0.717) is 16.5 Å². The van der Waals surface area contributed by atoms with Crippen molar-refractivity contribution >= 4 is 39.1 Å². The zero-order chi connectivity index (χ0) is 14.5. The van der Waals surface area contributed by atoms with Crippen molar-refractivity contribution < 1.29 is 9.53 Å². The first-order chi connectivity index (χ1) is 9.60. The third kappa shape index (κ3) is 3.74. The van der Waals surface area contributed by atoms with Gasteiger partial charge in [-0.05, 0) is 40.2 Å². The molecule has 0 saturated carbocycles. The van der Waals surface area contributed by atoms with Crippen LogP contribution in [0, 0.1) is 0 Å². The number of carbonyl (C=O) groups excluding carboxylic acids is 1. The smallest absolute Gasteiger partial charge is 0.228 e. The van der Waals surface area contributed by atoms with Gasteiger partial charge in [0, 0.05) is 15.1 Å². The highest BCUT2D eigenvalue weighted by atomic mass is 79.9. The lowest BCUT2D eigenvalue weighted by atomic mass is 10.1. The number of rotatable bonds is 4. The molecular formula is C15H13BrClNO2. The largest absolute Gasteiger partial charge is 0.496 e. The standard InChI is InChI=1S/C15H13BrClNO2/c1-20-14-5-3-2-4-10(14)8-15(19)18-13-7-6-11(17)9-12(13)16/h2-7,9H,8H2,1H3,(H,18,19). The summed E-state index contributed by atoms with van der Waals surface area (Å²) < 4.78 is 5.98. The molecular weight excluding hydrogens is 342 g/mol. The quantitative estimate of drug-likeness (QED) is 0.889. The van der Waals surface area contributed by atoms with Crippen LogP contribution >= 0.6 is 27.5 Å². The Balaban J connectivity index is 2.09. The Morgan fingerprint density at radius 1 is 1.30 bits per heavy atom. The highest BCUT2D eigenvalue weighted by molar-refractivity contribution is 9.10. The first kappa shape index (κ1) is 14.9. The van der Waals surface area contributed by atoms with Crippen LogP contribution in [0.5, 0.6) is 5.75 Å². The molecule has 5 heteroatoms. The zero-order valence-corrected chi connectivity index (χ0v) is 13.2. The first-order valence-electron chi connectivity index (χ1n) is 5.97. The third-order valence-electron chi connectivity index (χ3n) is 2.75. The average Bonchev–Trinajstić information content (AvgIpc) is 2.42. The lowest BCUT2D eigenvalue weighted by molar-refractivity contribution is -0.115. The Morgan fingerprint density at radius 2 is 2.05 bits per heavy atom. The van der Waals surface area contributed by atoms with Crippen molar-refractivity contribution in [2.24, 2.45) is 0 Å². The fourth-order valence-electron chi connectivity index (χ4n) is 1.81. The first-order valence-corrected chi connectivity index (χ1v) is 7.14. The highest BCUT2D eigenvalue weighted by Crippen LogP contribution is 2.26. The maximum atomic E-state index is 12.1. The van der Waals surface area contributed by atoms with E-state index in [1.807, 2.05) is 24.3 Å². The number of benzene rings is 2. The van der Waals surface area contributed by atoms with Crippen molar-refractivity contribution in [2.45, 2.75) is 6.42 Å². The van der Waals surface area contributed by atoms with E-state index < -0.39 is 0 Å². The monoisotopic (exact) mass is 353 g/mol. The van der Waals surface area contributed by atoms with Gasteiger partial charge in [0.15, 0.2) is 0 Å². The van der Waals surface area contributed by atoms with Gasteiger partial charge in [0.05, 0.1) is 19.2 Å². The predicted molar refractivity (Wildman–Crippen MR) is 84.5 cm³/mol. The van der Waals surface area contributed by atoms with Crippen molar-refractivity contribution in [1.82, 2.24) is 0 Å². The Labute approximate surface area is 131 Å². The van der Waals surface area contributed by atoms with Crippen LogP contribution in [0.4, 0.5) is 5.69 Å². The molecule has 2 rings (SSSR count). The van der Waals surface area contributed by atoms with Gasteiger partial charge in [-0.25, -0.2) is 0 Å². The van der Waals surface area contributed by atoms with Crippen LogP contribution in [0.1, 0.15) is 5.56 Å². The summed E-state index contributed by atoms with van der Waals surface area (Å²) in [5, 5.41) is 3.45. The molecule has 0 aromatic heterocycles. The van der Waals surface area contributed by atoms with E-state index in [1.54, 1.807) is 25.3 Å². The molecule has 0 heterocycles. The average molecular weight is 355 g/mol. The number of nitrogens with one attached hydrogen (secondary N) is 1. The van der Waals surface area contributed by atoms with E-state index >= 15 is 0 Å². The molecule has 0 unspecified atom stereocenters. The Morgan fingerprint density at radius 3 is 2.75 bits per heavy atom.